The van der Waals surface area contributed by atoms with Gasteiger partial charge in [-0.1, -0.05) is 12.1 Å². The maximum atomic E-state index is 13.4. The van der Waals surface area contributed by atoms with Crippen LogP contribution in [0.2, 0.25) is 0 Å². The van der Waals surface area contributed by atoms with E-state index in [1.54, 1.807) is 18.2 Å². The first-order valence-electron chi connectivity index (χ1n) is 6.71. The zero-order chi connectivity index (χ0) is 14.8. The van der Waals surface area contributed by atoms with Crippen molar-refractivity contribution in [3.63, 3.8) is 0 Å². The van der Waals surface area contributed by atoms with E-state index < -0.39 is 0 Å². The Bertz CT molecular complexity index is 432. The van der Waals surface area contributed by atoms with Crippen LogP contribution in [0.4, 0.5) is 4.39 Å². The van der Waals surface area contributed by atoms with Crippen molar-refractivity contribution in [3.05, 3.63) is 30.1 Å². The number of aliphatic imine (C=N–C) groups is 1. The van der Waals surface area contributed by atoms with Crippen molar-refractivity contribution >= 4 is 29.9 Å². The van der Waals surface area contributed by atoms with Gasteiger partial charge in [-0.3, -0.25) is 0 Å². The summed E-state index contributed by atoms with van der Waals surface area (Å²) in [5, 5.41) is 14.8. The zero-order valence-electron chi connectivity index (χ0n) is 12.3. The second-order valence-corrected chi connectivity index (χ2v) is 4.23. The highest BCUT2D eigenvalue weighted by atomic mass is 127. The van der Waals surface area contributed by atoms with E-state index in [2.05, 4.69) is 15.6 Å². The Morgan fingerprint density at radius 3 is 2.71 bits per heavy atom. The lowest BCUT2D eigenvalue weighted by molar-refractivity contribution is 0.220. The van der Waals surface area contributed by atoms with Crippen molar-refractivity contribution in [1.29, 1.82) is 0 Å². The molecule has 0 saturated carbocycles. The molecule has 1 rings (SSSR count). The average molecular weight is 411 g/mol. The van der Waals surface area contributed by atoms with Gasteiger partial charge in [-0.2, -0.15) is 0 Å². The fourth-order valence-corrected chi connectivity index (χ4v) is 1.53. The quantitative estimate of drug-likeness (QED) is 0.364. The topological polar surface area (TPSA) is 65.9 Å². The minimum absolute atomic E-state index is 0. The minimum atomic E-state index is -0.381. The largest absolute Gasteiger partial charge is 0.486 e. The molecule has 0 aromatic heterocycles. The Morgan fingerprint density at radius 2 is 2.10 bits per heavy atom. The van der Waals surface area contributed by atoms with Crippen molar-refractivity contribution in [2.75, 3.05) is 26.2 Å². The predicted octanol–water partition coefficient (Wildman–Crippen LogP) is 1.76. The molecule has 1 atom stereocenters. The van der Waals surface area contributed by atoms with Crippen LogP contribution in [0.25, 0.3) is 0 Å². The lowest BCUT2D eigenvalue weighted by Gasteiger charge is -2.15. The van der Waals surface area contributed by atoms with Crippen LogP contribution in [-0.4, -0.2) is 43.4 Å². The van der Waals surface area contributed by atoms with Crippen LogP contribution in [0, 0.1) is 5.82 Å². The third kappa shape index (κ3) is 8.05. The van der Waals surface area contributed by atoms with Gasteiger partial charge in [0.25, 0.3) is 0 Å². The molecule has 0 spiro atoms. The first-order chi connectivity index (χ1) is 9.67. The first-order valence-corrected chi connectivity index (χ1v) is 6.71. The van der Waals surface area contributed by atoms with Gasteiger partial charge >= 0.3 is 0 Å². The Morgan fingerprint density at radius 1 is 1.38 bits per heavy atom. The number of guanidine groups is 1. The van der Waals surface area contributed by atoms with Crippen LogP contribution < -0.4 is 15.4 Å². The zero-order valence-corrected chi connectivity index (χ0v) is 14.6. The third-order valence-corrected chi connectivity index (χ3v) is 2.42. The highest BCUT2D eigenvalue weighted by Crippen LogP contribution is 2.16. The van der Waals surface area contributed by atoms with E-state index in [-0.39, 0.29) is 48.3 Å². The highest BCUT2D eigenvalue weighted by molar-refractivity contribution is 14.0. The Hall–Kier alpha value is -1.09. The Labute approximate surface area is 142 Å². The molecule has 120 valence electrons. The number of benzene rings is 1. The molecule has 0 bridgehead atoms. The number of nitrogens with zero attached hydrogens (tertiary/aromatic N) is 1. The fourth-order valence-electron chi connectivity index (χ4n) is 1.53. The maximum absolute atomic E-state index is 13.4. The molecule has 0 aliphatic carbocycles. The average Bonchev–Trinajstić information content (AvgIpc) is 2.44. The molecule has 0 aliphatic heterocycles. The summed E-state index contributed by atoms with van der Waals surface area (Å²) in [6.07, 6.45) is -0.253. The molecule has 5 nitrogen and oxygen atoms in total. The summed E-state index contributed by atoms with van der Waals surface area (Å²) in [4.78, 5) is 4.31. The summed E-state index contributed by atoms with van der Waals surface area (Å²) in [7, 11) is 0. The number of aliphatic hydroxyl groups excluding tert-OH is 1. The molecule has 0 aliphatic rings. The van der Waals surface area contributed by atoms with E-state index in [1.807, 2.05) is 13.8 Å². The molecule has 0 saturated heterocycles. The molecular formula is C14H23FIN3O2. The van der Waals surface area contributed by atoms with Gasteiger partial charge < -0.3 is 20.5 Å². The molecule has 0 amide bonds. The van der Waals surface area contributed by atoms with Gasteiger partial charge in [-0.05, 0) is 26.0 Å². The lowest BCUT2D eigenvalue weighted by Crippen LogP contribution is -2.39. The highest BCUT2D eigenvalue weighted by Gasteiger charge is 2.07. The predicted molar refractivity (Wildman–Crippen MR) is 93.0 cm³/mol. The van der Waals surface area contributed by atoms with Crippen molar-refractivity contribution in [2.45, 2.75) is 20.0 Å². The molecule has 1 aromatic carbocycles. The summed E-state index contributed by atoms with van der Waals surface area (Å²) >= 11 is 0. The Kier molecular flexibility index (Phi) is 11.0. The van der Waals surface area contributed by atoms with Crippen LogP contribution >= 0.6 is 24.0 Å². The molecule has 0 radical (unpaired) electrons. The molecule has 0 fully saturated rings. The number of aliphatic hydroxyl groups is 1. The van der Waals surface area contributed by atoms with Crippen LogP contribution in [0.15, 0.2) is 29.3 Å². The van der Waals surface area contributed by atoms with Gasteiger partial charge in [0.2, 0.25) is 0 Å². The summed E-state index contributed by atoms with van der Waals surface area (Å²) in [6, 6.07) is 6.29. The third-order valence-electron chi connectivity index (χ3n) is 2.42. The van der Waals surface area contributed by atoms with Crippen LogP contribution in [-0.2, 0) is 0 Å². The summed E-state index contributed by atoms with van der Waals surface area (Å²) in [5.41, 5.74) is 0. The fraction of sp³-hybridized carbons (Fsp3) is 0.500. The van der Waals surface area contributed by atoms with E-state index in [1.165, 1.54) is 6.07 Å². The molecule has 1 unspecified atom stereocenters. The van der Waals surface area contributed by atoms with Crippen LogP contribution in [0.1, 0.15) is 13.8 Å². The number of halogens is 2. The van der Waals surface area contributed by atoms with Crippen molar-refractivity contribution in [1.82, 2.24) is 10.6 Å². The van der Waals surface area contributed by atoms with Gasteiger partial charge in [0.1, 0.15) is 6.10 Å². The van der Waals surface area contributed by atoms with Gasteiger partial charge in [-0.15, -0.1) is 24.0 Å². The van der Waals surface area contributed by atoms with E-state index >= 15 is 0 Å². The van der Waals surface area contributed by atoms with E-state index in [0.29, 0.717) is 19.0 Å². The molecule has 1 aromatic rings. The number of hydrogen-bond acceptors (Lipinski definition) is 3. The second kappa shape index (κ2) is 11.6. The van der Waals surface area contributed by atoms with Crippen molar-refractivity contribution in [3.8, 4) is 5.75 Å². The standard InChI is InChI=1S/C14H22FN3O2.HI/c1-3-16-14(17-8-9-19)18-10-11(2)20-13-7-5-4-6-12(13)15;/h4-7,11,19H,3,8-10H2,1-2H3,(H2,16,17,18);1H. The molecule has 21 heavy (non-hydrogen) atoms. The molecule has 3 N–H and O–H groups in total. The summed E-state index contributed by atoms with van der Waals surface area (Å²) in [5.74, 6) is 0.447. The lowest BCUT2D eigenvalue weighted by atomic mass is 10.3. The normalized spacial score (nSPS) is 12.3. The number of rotatable bonds is 7. The first kappa shape index (κ1) is 19.9. The number of para-hydroxylation sites is 1. The van der Waals surface area contributed by atoms with Gasteiger partial charge in [0.05, 0.1) is 13.2 Å². The van der Waals surface area contributed by atoms with E-state index in [0.717, 1.165) is 6.54 Å². The van der Waals surface area contributed by atoms with Gasteiger partial charge in [0.15, 0.2) is 17.5 Å². The molecule has 7 heteroatoms. The molecular weight excluding hydrogens is 388 g/mol. The second-order valence-electron chi connectivity index (χ2n) is 4.23. The number of nitrogens with one attached hydrogen (secondary N) is 2. The summed E-state index contributed by atoms with van der Waals surface area (Å²) < 4.78 is 18.9. The molecule has 0 heterocycles. The van der Waals surface area contributed by atoms with E-state index in [9.17, 15) is 4.39 Å². The monoisotopic (exact) mass is 411 g/mol. The van der Waals surface area contributed by atoms with E-state index in [4.69, 9.17) is 9.84 Å². The van der Waals surface area contributed by atoms with Crippen LogP contribution in [0.3, 0.4) is 0 Å². The van der Waals surface area contributed by atoms with Crippen molar-refractivity contribution < 1.29 is 14.2 Å². The van der Waals surface area contributed by atoms with Gasteiger partial charge in [0, 0.05) is 13.1 Å². The minimum Gasteiger partial charge on any atom is -0.486 e. The Balaban J connectivity index is 0.00000400. The van der Waals surface area contributed by atoms with Gasteiger partial charge in [-0.25, -0.2) is 9.38 Å². The number of ether oxygens (including phenoxy) is 1. The summed E-state index contributed by atoms with van der Waals surface area (Å²) in [6.45, 7) is 5.34. The smallest absolute Gasteiger partial charge is 0.191 e. The number of hydrogen-bond donors (Lipinski definition) is 3. The van der Waals surface area contributed by atoms with Crippen molar-refractivity contribution in [2.24, 2.45) is 4.99 Å². The maximum Gasteiger partial charge on any atom is 0.191 e. The van der Waals surface area contributed by atoms with Crippen LogP contribution in [0.5, 0.6) is 5.75 Å². The SMILES string of the molecule is CCNC(=NCC(C)Oc1ccccc1F)NCCO.I.